The van der Waals surface area contributed by atoms with Crippen LogP contribution in [0.4, 0.5) is 0 Å². The van der Waals surface area contributed by atoms with Gasteiger partial charge in [-0.05, 0) is 74.6 Å². The molecular weight excluding hydrogens is 448 g/mol. The topological polar surface area (TPSA) is 61.2 Å². The molecule has 0 amide bonds. The van der Waals surface area contributed by atoms with Crippen LogP contribution in [0.15, 0.2) is 71.5 Å². The van der Waals surface area contributed by atoms with Gasteiger partial charge in [-0.25, -0.2) is 9.78 Å². The fourth-order valence-corrected chi connectivity index (χ4v) is 4.28. The molecule has 1 aromatic heterocycles. The lowest BCUT2D eigenvalue weighted by atomic mass is 9.98. The summed E-state index contributed by atoms with van der Waals surface area (Å²) in [6, 6.07) is 21.3. The molecule has 1 heterocycles. The maximum absolute atomic E-state index is 13.4. The van der Waals surface area contributed by atoms with Crippen LogP contribution in [0, 0.1) is 6.92 Å². The predicted molar refractivity (Wildman–Crippen MR) is 146 cm³/mol. The number of hydrogen-bond acceptors (Lipinski definition) is 4. The van der Waals surface area contributed by atoms with Crippen LogP contribution in [-0.4, -0.2) is 21.1 Å². The lowest BCUT2D eigenvalue weighted by Gasteiger charge is -2.20. The fraction of sp³-hybridized carbons (Fsp3) is 0.323. The lowest BCUT2D eigenvalue weighted by molar-refractivity contribution is 0.00704. The zero-order valence-electron chi connectivity index (χ0n) is 21.8. The highest BCUT2D eigenvalue weighted by molar-refractivity contribution is 5.97. The number of ether oxygens (including phenoxy) is 1. The van der Waals surface area contributed by atoms with Crippen LogP contribution in [-0.2, 0) is 17.7 Å². The van der Waals surface area contributed by atoms with Gasteiger partial charge in [-0.2, -0.15) is 0 Å². The second kappa shape index (κ2) is 10.5. The number of carbonyl (C=O) groups excluding carboxylic acids is 1. The van der Waals surface area contributed by atoms with Crippen LogP contribution in [0.3, 0.4) is 0 Å². The van der Waals surface area contributed by atoms with Gasteiger partial charge in [0, 0.05) is 6.42 Å². The van der Waals surface area contributed by atoms with Crippen LogP contribution < -0.4 is 5.56 Å². The molecule has 0 aliphatic rings. The molecule has 0 fully saturated rings. The molecule has 4 rings (SSSR count). The first-order valence-corrected chi connectivity index (χ1v) is 12.6. The molecule has 5 nitrogen and oxygen atoms in total. The Kier molecular flexibility index (Phi) is 7.39. The average molecular weight is 483 g/mol. The Bertz CT molecular complexity index is 1440. The molecule has 0 radical (unpaired) electrons. The molecule has 0 aliphatic heterocycles. The molecule has 4 aromatic rings. The average Bonchev–Trinajstić information content (AvgIpc) is 2.84. The van der Waals surface area contributed by atoms with E-state index in [9.17, 15) is 9.59 Å². The Labute approximate surface area is 212 Å². The first-order chi connectivity index (χ1) is 17.2. The summed E-state index contributed by atoms with van der Waals surface area (Å²) in [6.07, 6.45) is 2.77. The van der Waals surface area contributed by atoms with Crippen LogP contribution >= 0.6 is 0 Å². The van der Waals surface area contributed by atoms with Gasteiger partial charge in [-0.1, -0.05) is 61.9 Å². The fourth-order valence-electron chi connectivity index (χ4n) is 4.28. The molecule has 0 spiro atoms. The zero-order chi connectivity index (χ0) is 25.9. The number of aromatic nitrogens is 2. The van der Waals surface area contributed by atoms with Crippen molar-refractivity contribution in [1.82, 2.24) is 9.55 Å². The summed E-state index contributed by atoms with van der Waals surface area (Å²) in [4.78, 5) is 31.1. The van der Waals surface area contributed by atoms with Gasteiger partial charge >= 0.3 is 5.97 Å². The molecule has 3 aromatic carbocycles. The van der Waals surface area contributed by atoms with Gasteiger partial charge in [-0.3, -0.25) is 9.36 Å². The van der Waals surface area contributed by atoms with E-state index in [0.717, 1.165) is 52.9 Å². The van der Waals surface area contributed by atoms with E-state index in [0.29, 0.717) is 17.5 Å². The van der Waals surface area contributed by atoms with E-state index in [4.69, 9.17) is 9.72 Å². The highest BCUT2D eigenvalue weighted by atomic mass is 16.6. The second-order valence-electron chi connectivity index (χ2n) is 10.3. The Morgan fingerprint density at radius 3 is 2.42 bits per heavy atom. The smallest absolute Gasteiger partial charge is 0.339 e. The summed E-state index contributed by atoms with van der Waals surface area (Å²) in [7, 11) is 0. The quantitative estimate of drug-likeness (QED) is 0.274. The van der Waals surface area contributed by atoms with Crippen molar-refractivity contribution in [3.8, 4) is 11.1 Å². The Balaban J connectivity index is 1.67. The van der Waals surface area contributed by atoms with E-state index in [1.807, 2.05) is 88.4 Å². The molecule has 0 aliphatic carbocycles. The maximum atomic E-state index is 13.4. The summed E-state index contributed by atoms with van der Waals surface area (Å²) in [5.41, 5.74) is 4.56. The van der Waals surface area contributed by atoms with Gasteiger partial charge in [0.1, 0.15) is 11.4 Å². The van der Waals surface area contributed by atoms with E-state index in [1.54, 1.807) is 10.6 Å². The second-order valence-corrected chi connectivity index (χ2v) is 10.3. The minimum Gasteiger partial charge on any atom is -0.456 e. The number of carbonyl (C=O) groups is 1. The van der Waals surface area contributed by atoms with E-state index < -0.39 is 5.60 Å². The Morgan fingerprint density at radius 1 is 1.00 bits per heavy atom. The highest BCUT2D eigenvalue weighted by Crippen LogP contribution is 2.26. The first-order valence-electron chi connectivity index (χ1n) is 12.6. The number of rotatable bonds is 7. The van der Waals surface area contributed by atoms with Gasteiger partial charge in [0.05, 0.1) is 23.0 Å². The summed E-state index contributed by atoms with van der Waals surface area (Å²) < 4.78 is 7.41. The first kappa shape index (κ1) is 25.4. The molecule has 0 saturated carbocycles. The standard InChI is InChI=1S/C31H34N2O3/c1-6-7-12-28-32-27-19-21(2)13-18-26(27)29(34)33(28)20-22-14-16-23(17-15-22)24-10-8-9-11-25(24)30(35)36-31(3,4)5/h8-11,13-19H,6-7,12,20H2,1-5H3. The highest BCUT2D eigenvalue weighted by Gasteiger charge is 2.20. The molecule has 36 heavy (non-hydrogen) atoms. The molecule has 0 unspecified atom stereocenters. The largest absolute Gasteiger partial charge is 0.456 e. The van der Waals surface area contributed by atoms with Crippen molar-refractivity contribution in [2.24, 2.45) is 0 Å². The third-order valence-corrected chi connectivity index (χ3v) is 6.10. The Morgan fingerprint density at radius 2 is 1.72 bits per heavy atom. The van der Waals surface area contributed by atoms with Gasteiger partial charge in [-0.15, -0.1) is 0 Å². The van der Waals surface area contributed by atoms with Crippen molar-refractivity contribution in [3.05, 3.63) is 99.6 Å². The summed E-state index contributed by atoms with van der Waals surface area (Å²) in [5.74, 6) is 0.478. The van der Waals surface area contributed by atoms with Crippen molar-refractivity contribution in [3.63, 3.8) is 0 Å². The number of esters is 1. The van der Waals surface area contributed by atoms with E-state index in [2.05, 4.69) is 6.92 Å². The van der Waals surface area contributed by atoms with Gasteiger partial charge in [0.25, 0.3) is 5.56 Å². The molecule has 0 saturated heterocycles. The van der Waals surface area contributed by atoms with Crippen molar-refractivity contribution in [1.29, 1.82) is 0 Å². The van der Waals surface area contributed by atoms with Crippen LogP contribution in [0.1, 0.15) is 67.8 Å². The number of aryl methyl sites for hydroxylation is 2. The van der Waals surface area contributed by atoms with Crippen LogP contribution in [0.5, 0.6) is 0 Å². The number of fused-ring (bicyclic) bond motifs is 1. The molecular formula is C31H34N2O3. The number of hydrogen-bond donors (Lipinski definition) is 0. The SMILES string of the molecule is CCCCc1nc2cc(C)ccc2c(=O)n1Cc1ccc(-c2ccccc2C(=O)OC(C)(C)C)cc1. The predicted octanol–water partition coefficient (Wildman–Crippen LogP) is 6.72. The summed E-state index contributed by atoms with van der Waals surface area (Å²) >= 11 is 0. The van der Waals surface area contributed by atoms with E-state index in [1.165, 1.54) is 0 Å². The van der Waals surface area contributed by atoms with Gasteiger partial charge in [0.2, 0.25) is 0 Å². The monoisotopic (exact) mass is 482 g/mol. The molecule has 186 valence electrons. The zero-order valence-corrected chi connectivity index (χ0v) is 21.8. The van der Waals surface area contributed by atoms with E-state index in [-0.39, 0.29) is 11.5 Å². The maximum Gasteiger partial charge on any atom is 0.339 e. The minimum absolute atomic E-state index is 0.00884. The molecule has 0 N–H and O–H groups in total. The van der Waals surface area contributed by atoms with Gasteiger partial charge < -0.3 is 4.74 Å². The summed E-state index contributed by atoms with van der Waals surface area (Å²) in [5, 5.41) is 0.642. The van der Waals surface area contributed by atoms with Crippen molar-refractivity contribution < 1.29 is 9.53 Å². The van der Waals surface area contributed by atoms with E-state index >= 15 is 0 Å². The van der Waals surface area contributed by atoms with Gasteiger partial charge in [0.15, 0.2) is 0 Å². The third-order valence-electron chi connectivity index (χ3n) is 6.10. The number of nitrogens with zero attached hydrogens (tertiary/aromatic N) is 2. The lowest BCUT2D eigenvalue weighted by Crippen LogP contribution is -2.26. The molecule has 0 bridgehead atoms. The van der Waals surface area contributed by atoms with Crippen LogP contribution in [0.2, 0.25) is 0 Å². The molecule has 5 heteroatoms. The summed E-state index contributed by atoms with van der Waals surface area (Å²) in [6.45, 7) is 10.2. The van der Waals surface area contributed by atoms with Crippen LogP contribution in [0.25, 0.3) is 22.0 Å². The van der Waals surface area contributed by atoms with Crippen molar-refractivity contribution >= 4 is 16.9 Å². The van der Waals surface area contributed by atoms with Crippen molar-refractivity contribution in [2.45, 2.75) is 66.0 Å². The minimum atomic E-state index is -0.566. The Hall–Kier alpha value is -3.73. The number of unbranched alkanes of at least 4 members (excludes halogenated alkanes) is 1. The number of benzene rings is 3. The normalized spacial score (nSPS) is 11.6. The molecule has 0 atom stereocenters. The third kappa shape index (κ3) is 5.73. The van der Waals surface area contributed by atoms with Crippen molar-refractivity contribution in [2.75, 3.05) is 0 Å².